The summed E-state index contributed by atoms with van der Waals surface area (Å²) in [4.78, 5) is 49.3. The van der Waals surface area contributed by atoms with Crippen LogP contribution in [0.25, 0.3) is 11.1 Å². The number of hydrogen-bond acceptors (Lipinski definition) is 7. The molecule has 44 heavy (non-hydrogen) atoms. The molecule has 0 amide bonds. The number of rotatable bonds is 5. The first-order valence-corrected chi connectivity index (χ1v) is 12.6. The Morgan fingerprint density at radius 3 is 1.57 bits per heavy atom. The minimum atomic E-state index is -5.19. The molecule has 0 aromatic heterocycles. The summed E-state index contributed by atoms with van der Waals surface area (Å²) in [5.74, 6) is -4.28. The van der Waals surface area contributed by atoms with E-state index in [0.717, 1.165) is 0 Å². The molecule has 2 aliphatic rings. The van der Waals surface area contributed by atoms with Gasteiger partial charge in [-0.3, -0.25) is 9.59 Å². The maximum absolute atomic E-state index is 13.8. The van der Waals surface area contributed by atoms with Gasteiger partial charge in [0.2, 0.25) is 0 Å². The van der Waals surface area contributed by atoms with Gasteiger partial charge in [-0.05, 0) is 54.1 Å². The lowest BCUT2D eigenvalue weighted by Crippen LogP contribution is -2.11. The van der Waals surface area contributed by atoms with E-state index < -0.39 is 64.5 Å². The van der Waals surface area contributed by atoms with Gasteiger partial charge in [-0.1, -0.05) is 24.3 Å². The molecule has 13 heteroatoms. The van der Waals surface area contributed by atoms with Gasteiger partial charge in [-0.2, -0.15) is 26.3 Å². The number of benzene rings is 4. The maximum atomic E-state index is 13.8. The number of fused-ring (bicyclic) bond motifs is 2. The summed E-state index contributed by atoms with van der Waals surface area (Å²) in [5, 5.41) is 0. The monoisotopic (exact) mass is 612 g/mol. The van der Waals surface area contributed by atoms with Crippen LogP contribution in [0.1, 0.15) is 59.0 Å². The van der Waals surface area contributed by atoms with Crippen molar-refractivity contribution in [2.45, 2.75) is 18.8 Å². The number of cyclic esters (lactones) is 2. The van der Waals surface area contributed by atoms with Crippen molar-refractivity contribution >= 4 is 23.5 Å². The molecule has 0 unspecified atom stereocenters. The molecule has 7 nitrogen and oxygen atoms in total. The predicted molar refractivity (Wildman–Crippen MR) is 138 cm³/mol. The van der Waals surface area contributed by atoms with Gasteiger partial charge in [0, 0.05) is 5.56 Å². The van der Waals surface area contributed by atoms with Crippen molar-refractivity contribution in [2.24, 2.45) is 0 Å². The molecule has 222 valence electrons. The lowest BCUT2D eigenvalue weighted by atomic mass is 9.97. The second-order valence-corrected chi connectivity index (χ2v) is 9.69. The summed E-state index contributed by atoms with van der Waals surface area (Å²) in [6, 6.07) is 12.5. The van der Waals surface area contributed by atoms with Crippen LogP contribution in [0.5, 0.6) is 23.0 Å². The number of esters is 2. The van der Waals surface area contributed by atoms with Gasteiger partial charge >= 0.3 is 24.3 Å². The number of ether oxygens (including phenoxy) is 3. The first-order valence-electron chi connectivity index (χ1n) is 12.6. The number of carbonyl (C=O) groups is 4. The lowest BCUT2D eigenvalue weighted by molar-refractivity contribution is -0.143. The van der Waals surface area contributed by atoms with Gasteiger partial charge in [-0.25, -0.2) is 9.59 Å². The zero-order chi connectivity index (χ0) is 31.6. The first-order chi connectivity index (χ1) is 20.7. The molecular weight excluding hydrogens is 598 g/mol. The van der Waals surface area contributed by atoms with E-state index in [4.69, 9.17) is 9.47 Å². The average molecular weight is 612 g/mol. The summed E-state index contributed by atoms with van der Waals surface area (Å²) >= 11 is 0. The van der Waals surface area contributed by atoms with Gasteiger partial charge in [0.15, 0.2) is 11.6 Å². The maximum Gasteiger partial charge on any atom is 0.416 e. The Bertz CT molecular complexity index is 1790. The van der Waals surface area contributed by atoms with Crippen LogP contribution in [0.3, 0.4) is 0 Å². The van der Waals surface area contributed by atoms with Crippen molar-refractivity contribution < 1.29 is 59.7 Å². The highest BCUT2D eigenvalue weighted by atomic mass is 19.4. The standard InChI is InChI=1S/C31H14F6O7/c32-30(33,34)15-10-14(11-16(12-15)31(35,36)37)25-21(42-23-6-1-4-17-19(38)13-20(39)26(17)23)8-3-9-22(25)43-24-7-2-5-18-27(24)29(41)44-28(18)40/h1-12H,13H2. The minimum Gasteiger partial charge on any atom is -0.456 e. The molecule has 1 aliphatic heterocycles. The Kier molecular flexibility index (Phi) is 6.56. The third-order valence-corrected chi connectivity index (χ3v) is 6.87. The van der Waals surface area contributed by atoms with E-state index in [1.54, 1.807) is 0 Å². The second kappa shape index (κ2) is 10.1. The fourth-order valence-corrected chi connectivity index (χ4v) is 4.95. The van der Waals surface area contributed by atoms with Gasteiger partial charge < -0.3 is 14.2 Å². The first kappa shape index (κ1) is 28.6. The summed E-state index contributed by atoms with van der Waals surface area (Å²) < 4.78 is 99.3. The molecule has 0 saturated carbocycles. The number of alkyl halides is 6. The van der Waals surface area contributed by atoms with E-state index in [-0.39, 0.29) is 51.3 Å². The van der Waals surface area contributed by atoms with Crippen molar-refractivity contribution in [1.29, 1.82) is 0 Å². The molecule has 0 spiro atoms. The third-order valence-electron chi connectivity index (χ3n) is 6.87. The number of ketones is 2. The summed E-state index contributed by atoms with van der Waals surface area (Å²) in [7, 11) is 0. The fraction of sp³-hybridized carbons (Fsp3) is 0.0968. The molecule has 0 radical (unpaired) electrons. The summed E-state index contributed by atoms with van der Waals surface area (Å²) in [6.45, 7) is 0. The molecular formula is C31H14F6O7. The van der Waals surface area contributed by atoms with E-state index in [1.165, 1.54) is 54.6 Å². The van der Waals surface area contributed by atoms with Gasteiger partial charge in [0.25, 0.3) is 0 Å². The van der Waals surface area contributed by atoms with Crippen LogP contribution >= 0.6 is 0 Å². The van der Waals surface area contributed by atoms with E-state index in [2.05, 4.69) is 4.74 Å². The van der Waals surface area contributed by atoms with Gasteiger partial charge in [0.1, 0.15) is 28.6 Å². The van der Waals surface area contributed by atoms with Crippen molar-refractivity contribution in [3.8, 4) is 34.1 Å². The molecule has 4 aromatic rings. The molecule has 0 bridgehead atoms. The Morgan fingerprint density at radius 1 is 0.545 bits per heavy atom. The Hall–Kier alpha value is -5.46. The predicted octanol–water partition coefficient (Wildman–Crippen LogP) is 8.06. The Balaban J connectivity index is 1.58. The third kappa shape index (κ3) is 4.95. The normalized spacial score (nSPS) is 14.4. The molecule has 0 fully saturated rings. The van der Waals surface area contributed by atoms with Gasteiger partial charge in [-0.15, -0.1) is 0 Å². The largest absolute Gasteiger partial charge is 0.456 e. The van der Waals surface area contributed by atoms with E-state index in [1.807, 2.05) is 0 Å². The molecule has 6 rings (SSSR count). The SMILES string of the molecule is O=C1CC(=O)c2c(Oc3cccc(Oc4cccc5c4C(=O)OC5=O)c3-c3cc(C(F)(F)F)cc(C(F)(F)F)c3)cccc21. The molecule has 1 heterocycles. The zero-order valence-corrected chi connectivity index (χ0v) is 21.8. The van der Waals surface area contributed by atoms with Crippen LogP contribution in [-0.2, 0) is 17.1 Å². The summed E-state index contributed by atoms with van der Waals surface area (Å²) in [5.41, 5.74) is -4.84. The fourth-order valence-electron chi connectivity index (χ4n) is 4.95. The molecule has 0 saturated heterocycles. The number of halogens is 6. The van der Waals surface area contributed by atoms with E-state index >= 15 is 0 Å². The van der Waals surface area contributed by atoms with Crippen LogP contribution in [0.4, 0.5) is 26.3 Å². The number of hydrogen-bond donors (Lipinski definition) is 0. The van der Waals surface area contributed by atoms with Crippen LogP contribution in [-0.4, -0.2) is 23.5 Å². The number of Topliss-reactive ketones (excluding diaryl/α,β-unsaturated/α-hetero) is 2. The Morgan fingerprint density at radius 2 is 1.02 bits per heavy atom. The second-order valence-electron chi connectivity index (χ2n) is 9.69. The number of carbonyl (C=O) groups excluding carboxylic acids is 4. The lowest BCUT2D eigenvalue weighted by Gasteiger charge is -2.20. The van der Waals surface area contributed by atoms with Gasteiger partial charge in [0.05, 0.1) is 34.2 Å². The average Bonchev–Trinajstić information content (AvgIpc) is 3.42. The van der Waals surface area contributed by atoms with E-state index in [9.17, 15) is 45.5 Å². The summed E-state index contributed by atoms with van der Waals surface area (Å²) in [6.07, 6.45) is -10.8. The molecule has 1 aliphatic carbocycles. The molecule has 0 atom stereocenters. The smallest absolute Gasteiger partial charge is 0.416 e. The van der Waals surface area contributed by atoms with Crippen LogP contribution in [0.2, 0.25) is 0 Å². The topological polar surface area (TPSA) is 96.0 Å². The van der Waals surface area contributed by atoms with Crippen molar-refractivity contribution in [3.05, 3.63) is 106 Å². The van der Waals surface area contributed by atoms with Crippen molar-refractivity contribution in [2.75, 3.05) is 0 Å². The quantitative estimate of drug-likeness (QED) is 0.128. The highest BCUT2D eigenvalue weighted by Crippen LogP contribution is 2.47. The molecule has 0 N–H and O–H groups in total. The minimum absolute atomic E-state index is 0.0444. The van der Waals surface area contributed by atoms with Crippen LogP contribution in [0, 0.1) is 0 Å². The zero-order valence-electron chi connectivity index (χ0n) is 21.8. The Labute approximate surface area is 242 Å². The van der Waals surface area contributed by atoms with Crippen molar-refractivity contribution in [1.82, 2.24) is 0 Å². The van der Waals surface area contributed by atoms with Crippen LogP contribution in [0.15, 0.2) is 72.8 Å². The highest BCUT2D eigenvalue weighted by molar-refractivity contribution is 6.25. The highest BCUT2D eigenvalue weighted by Gasteiger charge is 2.38. The molecule has 4 aromatic carbocycles. The van der Waals surface area contributed by atoms with Crippen molar-refractivity contribution in [3.63, 3.8) is 0 Å². The van der Waals surface area contributed by atoms with Crippen LogP contribution < -0.4 is 9.47 Å². The van der Waals surface area contributed by atoms with E-state index in [0.29, 0.717) is 12.1 Å².